The molecule has 0 unspecified atom stereocenters. The van der Waals surface area contributed by atoms with Crippen molar-refractivity contribution in [1.29, 1.82) is 0 Å². The topological polar surface area (TPSA) is 78.5 Å². The highest BCUT2D eigenvalue weighted by molar-refractivity contribution is 5.97. The zero-order chi connectivity index (χ0) is 24.2. The van der Waals surface area contributed by atoms with Gasteiger partial charge in [-0.3, -0.25) is 14.4 Å². The lowest BCUT2D eigenvalue weighted by Gasteiger charge is -2.31. The molecule has 1 aliphatic heterocycles. The highest BCUT2D eigenvalue weighted by Gasteiger charge is 2.29. The maximum absolute atomic E-state index is 13.9. The Morgan fingerprint density at radius 2 is 1.67 bits per heavy atom. The summed E-state index contributed by atoms with van der Waals surface area (Å²) in [6, 6.07) is 9.57. The van der Waals surface area contributed by atoms with Gasteiger partial charge in [0, 0.05) is 41.9 Å². The number of carbonyl (C=O) groups is 3. The molecular weight excluding hydrogens is 428 g/mol. The first kappa shape index (κ1) is 24.4. The van der Waals surface area contributed by atoms with E-state index < -0.39 is 17.5 Å². The number of anilines is 1. The molecule has 0 radical (unpaired) electrons. The Bertz CT molecular complexity index is 1030. The minimum absolute atomic E-state index is 0.167. The largest absolute Gasteiger partial charge is 0.347 e. The molecule has 3 amide bonds. The monoisotopic (exact) mass is 457 g/mol. The number of benzene rings is 2. The van der Waals surface area contributed by atoms with E-state index in [1.165, 1.54) is 4.90 Å². The minimum atomic E-state index is -0.893. The van der Waals surface area contributed by atoms with Crippen LogP contribution < -0.4 is 10.6 Å². The molecule has 3 rings (SSSR count). The molecule has 1 heterocycles. The summed E-state index contributed by atoms with van der Waals surface area (Å²) in [5.74, 6) is -2.77. The van der Waals surface area contributed by atoms with Gasteiger partial charge in [0.25, 0.3) is 11.8 Å². The van der Waals surface area contributed by atoms with Crippen LogP contribution in [0.2, 0.25) is 0 Å². The number of likely N-dealkylation sites (tertiary alicyclic amines) is 1. The second-order valence-electron chi connectivity index (χ2n) is 8.95. The van der Waals surface area contributed by atoms with Gasteiger partial charge in [0.1, 0.15) is 11.6 Å². The van der Waals surface area contributed by atoms with Crippen LogP contribution in [0.1, 0.15) is 60.7 Å². The summed E-state index contributed by atoms with van der Waals surface area (Å²) in [6.07, 6.45) is 1.68. The van der Waals surface area contributed by atoms with Gasteiger partial charge in [-0.25, -0.2) is 8.78 Å². The zero-order valence-electron chi connectivity index (χ0n) is 19.1. The number of halogens is 2. The lowest BCUT2D eigenvalue weighted by atomic mass is 9.95. The molecule has 1 aliphatic rings. The van der Waals surface area contributed by atoms with E-state index in [1.807, 2.05) is 20.8 Å². The van der Waals surface area contributed by atoms with Gasteiger partial charge < -0.3 is 15.5 Å². The van der Waals surface area contributed by atoms with Crippen LogP contribution in [0.4, 0.5) is 14.5 Å². The number of piperidine rings is 1. The fourth-order valence-electron chi connectivity index (χ4n) is 3.60. The second kappa shape index (κ2) is 10.1. The molecule has 0 bridgehead atoms. The number of nitrogens with one attached hydrogen (secondary N) is 2. The molecule has 176 valence electrons. The fourth-order valence-corrected chi connectivity index (χ4v) is 3.60. The first-order valence-corrected chi connectivity index (χ1v) is 11.1. The summed E-state index contributed by atoms with van der Waals surface area (Å²) in [5, 5.41) is 5.82. The highest BCUT2D eigenvalue weighted by atomic mass is 19.1. The zero-order valence-corrected chi connectivity index (χ0v) is 19.1. The van der Waals surface area contributed by atoms with Gasteiger partial charge in [-0.2, -0.15) is 0 Å². The Morgan fingerprint density at radius 3 is 2.24 bits per heavy atom. The molecule has 33 heavy (non-hydrogen) atoms. The maximum atomic E-state index is 13.9. The average molecular weight is 458 g/mol. The summed E-state index contributed by atoms with van der Waals surface area (Å²) in [7, 11) is 0. The highest BCUT2D eigenvalue weighted by Crippen LogP contribution is 2.22. The second-order valence-corrected chi connectivity index (χ2v) is 8.95. The average Bonchev–Trinajstić information content (AvgIpc) is 2.79. The number of hydrogen-bond donors (Lipinski definition) is 2. The predicted molar refractivity (Wildman–Crippen MR) is 122 cm³/mol. The van der Waals surface area contributed by atoms with Crippen LogP contribution in [0, 0.1) is 17.6 Å². The Morgan fingerprint density at radius 1 is 1.03 bits per heavy atom. The molecule has 0 aliphatic carbocycles. The van der Waals surface area contributed by atoms with Crippen molar-refractivity contribution in [1.82, 2.24) is 10.2 Å². The number of hydrogen-bond acceptors (Lipinski definition) is 3. The van der Waals surface area contributed by atoms with Crippen molar-refractivity contribution < 1.29 is 23.2 Å². The van der Waals surface area contributed by atoms with Crippen LogP contribution in [0.15, 0.2) is 42.5 Å². The number of nitrogens with zero attached hydrogens (tertiary/aromatic N) is 1. The maximum Gasteiger partial charge on any atom is 0.256 e. The van der Waals surface area contributed by atoms with Gasteiger partial charge in [0.15, 0.2) is 0 Å². The minimum Gasteiger partial charge on any atom is -0.347 e. The van der Waals surface area contributed by atoms with Crippen LogP contribution in [0.5, 0.6) is 0 Å². The van der Waals surface area contributed by atoms with E-state index in [0.29, 0.717) is 43.2 Å². The van der Waals surface area contributed by atoms with Crippen LogP contribution in [0.3, 0.4) is 0 Å². The third-order valence-electron chi connectivity index (χ3n) is 6.06. The Hall–Kier alpha value is -3.29. The standard InChI is InChI=1S/C25H29F2N3O3/c1-4-25(2,3)29-23(32)16-5-8-19(9-6-16)28-22(31)17-11-13-30(14-12-17)24(33)20-10-7-18(26)15-21(20)27/h5-10,15,17H,4,11-14H2,1-3H3,(H,28,31)(H,29,32). The number of rotatable bonds is 6. The summed E-state index contributed by atoms with van der Waals surface area (Å²) in [6.45, 7) is 6.52. The van der Waals surface area contributed by atoms with Gasteiger partial charge >= 0.3 is 0 Å². The molecular formula is C25H29F2N3O3. The first-order valence-electron chi connectivity index (χ1n) is 11.1. The van der Waals surface area contributed by atoms with E-state index in [0.717, 1.165) is 18.6 Å². The molecule has 0 spiro atoms. The normalized spacial score (nSPS) is 14.6. The van der Waals surface area contributed by atoms with Crippen molar-refractivity contribution in [2.24, 2.45) is 5.92 Å². The van der Waals surface area contributed by atoms with E-state index in [4.69, 9.17) is 0 Å². The van der Waals surface area contributed by atoms with Gasteiger partial charge in [0.2, 0.25) is 5.91 Å². The molecule has 2 aromatic rings. The molecule has 0 saturated carbocycles. The van der Waals surface area contributed by atoms with Crippen molar-refractivity contribution in [2.75, 3.05) is 18.4 Å². The summed E-state index contributed by atoms with van der Waals surface area (Å²) < 4.78 is 27.0. The molecule has 2 aromatic carbocycles. The van der Waals surface area contributed by atoms with Crippen LogP contribution in [0.25, 0.3) is 0 Å². The number of amides is 3. The van der Waals surface area contributed by atoms with Crippen molar-refractivity contribution in [3.05, 3.63) is 65.2 Å². The molecule has 8 heteroatoms. The summed E-state index contributed by atoms with van der Waals surface area (Å²) >= 11 is 0. The van der Waals surface area contributed by atoms with Gasteiger partial charge in [-0.15, -0.1) is 0 Å². The predicted octanol–water partition coefficient (Wildman–Crippen LogP) is 4.37. The Kier molecular flexibility index (Phi) is 7.46. The molecule has 1 saturated heterocycles. The van der Waals surface area contributed by atoms with E-state index >= 15 is 0 Å². The summed E-state index contributed by atoms with van der Waals surface area (Å²) in [5.41, 5.74) is 0.612. The van der Waals surface area contributed by atoms with E-state index in [1.54, 1.807) is 24.3 Å². The SMILES string of the molecule is CCC(C)(C)NC(=O)c1ccc(NC(=O)C2CCN(C(=O)c3ccc(F)cc3F)CC2)cc1. The molecule has 0 aromatic heterocycles. The lowest BCUT2D eigenvalue weighted by Crippen LogP contribution is -2.42. The molecule has 6 nitrogen and oxygen atoms in total. The van der Waals surface area contributed by atoms with Gasteiger partial charge in [-0.1, -0.05) is 6.92 Å². The first-order chi connectivity index (χ1) is 15.6. The molecule has 0 atom stereocenters. The smallest absolute Gasteiger partial charge is 0.256 e. The Balaban J connectivity index is 1.53. The van der Waals surface area contributed by atoms with Crippen molar-refractivity contribution in [3.8, 4) is 0 Å². The van der Waals surface area contributed by atoms with Gasteiger partial charge in [-0.05, 0) is 69.5 Å². The van der Waals surface area contributed by atoms with Crippen molar-refractivity contribution in [2.45, 2.75) is 45.6 Å². The third-order valence-corrected chi connectivity index (χ3v) is 6.06. The quantitative estimate of drug-likeness (QED) is 0.676. The van der Waals surface area contributed by atoms with Crippen molar-refractivity contribution >= 4 is 23.4 Å². The number of carbonyl (C=O) groups excluding carboxylic acids is 3. The van der Waals surface area contributed by atoms with Crippen LogP contribution in [-0.4, -0.2) is 41.2 Å². The van der Waals surface area contributed by atoms with Crippen molar-refractivity contribution in [3.63, 3.8) is 0 Å². The van der Waals surface area contributed by atoms with E-state index in [-0.39, 0.29) is 28.8 Å². The molecule has 1 fully saturated rings. The van der Waals surface area contributed by atoms with Crippen LogP contribution >= 0.6 is 0 Å². The molecule has 2 N–H and O–H groups in total. The lowest BCUT2D eigenvalue weighted by molar-refractivity contribution is -0.121. The van der Waals surface area contributed by atoms with Gasteiger partial charge in [0.05, 0.1) is 5.56 Å². The summed E-state index contributed by atoms with van der Waals surface area (Å²) in [4.78, 5) is 39.0. The third kappa shape index (κ3) is 6.15. The van der Waals surface area contributed by atoms with Crippen LogP contribution in [-0.2, 0) is 4.79 Å². The van der Waals surface area contributed by atoms with E-state index in [2.05, 4.69) is 10.6 Å². The van der Waals surface area contributed by atoms with E-state index in [9.17, 15) is 23.2 Å². The Labute approximate surface area is 192 Å². The fraction of sp³-hybridized carbons (Fsp3) is 0.400.